The SMILES string of the molecule is CC(C)[C@H](N)C(=O)N[C@@H](C(=O)N[C@H](C(=O)N[C@@H](C(=O)N[C@H](C(=O)O)C(C)C)C(C)C)C(C)C)C(C)C. The maximum absolute atomic E-state index is 13.2. The molecule has 7 N–H and O–H groups in total. The van der Waals surface area contributed by atoms with Crippen molar-refractivity contribution in [2.24, 2.45) is 35.3 Å². The zero-order chi connectivity index (χ0) is 28.5. The van der Waals surface area contributed by atoms with E-state index >= 15 is 0 Å². The Morgan fingerprint density at radius 2 is 0.722 bits per heavy atom. The first kappa shape index (κ1) is 33.3. The van der Waals surface area contributed by atoms with Gasteiger partial charge in [-0.25, -0.2) is 4.79 Å². The van der Waals surface area contributed by atoms with Gasteiger partial charge >= 0.3 is 5.97 Å². The van der Waals surface area contributed by atoms with Crippen molar-refractivity contribution >= 4 is 29.6 Å². The molecule has 0 aliphatic carbocycles. The zero-order valence-corrected chi connectivity index (χ0v) is 23.3. The van der Waals surface area contributed by atoms with Gasteiger partial charge in [-0.1, -0.05) is 69.2 Å². The summed E-state index contributed by atoms with van der Waals surface area (Å²) in [5.74, 6) is -4.82. The second kappa shape index (κ2) is 14.8. The van der Waals surface area contributed by atoms with E-state index in [-0.39, 0.29) is 29.6 Å². The maximum atomic E-state index is 13.2. The second-order valence-electron chi connectivity index (χ2n) is 11.0. The molecule has 0 bridgehead atoms. The van der Waals surface area contributed by atoms with Crippen LogP contribution >= 0.6 is 0 Å². The molecule has 0 rings (SSSR count). The average Bonchev–Trinajstić information content (AvgIpc) is 2.75. The van der Waals surface area contributed by atoms with Crippen molar-refractivity contribution in [1.82, 2.24) is 21.3 Å². The Bertz CT molecular complexity index is 781. The Morgan fingerprint density at radius 3 is 0.944 bits per heavy atom. The predicted octanol–water partition coefficient (Wildman–Crippen LogP) is 0.618. The summed E-state index contributed by atoms with van der Waals surface area (Å²) in [6.07, 6.45) is 0. The van der Waals surface area contributed by atoms with Crippen LogP contribution in [0.1, 0.15) is 69.2 Å². The van der Waals surface area contributed by atoms with Crippen LogP contribution < -0.4 is 27.0 Å². The molecule has 0 aromatic rings. The molecule has 0 heterocycles. The van der Waals surface area contributed by atoms with Crippen molar-refractivity contribution in [1.29, 1.82) is 0 Å². The van der Waals surface area contributed by atoms with E-state index in [0.717, 1.165) is 0 Å². The fourth-order valence-corrected chi connectivity index (χ4v) is 3.40. The van der Waals surface area contributed by atoms with Crippen LogP contribution in [0.5, 0.6) is 0 Å². The molecule has 0 unspecified atom stereocenters. The van der Waals surface area contributed by atoms with E-state index in [4.69, 9.17) is 5.73 Å². The molecule has 0 saturated carbocycles. The third-order valence-corrected chi connectivity index (χ3v) is 5.99. The highest BCUT2D eigenvalue weighted by Gasteiger charge is 2.35. The number of carbonyl (C=O) groups excluding carboxylic acids is 4. The van der Waals surface area contributed by atoms with Gasteiger partial charge in [0.1, 0.15) is 24.2 Å². The van der Waals surface area contributed by atoms with Crippen molar-refractivity contribution in [3.05, 3.63) is 0 Å². The van der Waals surface area contributed by atoms with Gasteiger partial charge in [-0.15, -0.1) is 0 Å². The third-order valence-electron chi connectivity index (χ3n) is 5.99. The number of nitrogens with one attached hydrogen (secondary N) is 4. The molecular weight excluding hydrogens is 466 g/mol. The van der Waals surface area contributed by atoms with Gasteiger partial charge in [0.25, 0.3) is 0 Å². The lowest BCUT2D eigenvalue weighted by atomic mass is 9.97. The van der Waals surface area contributed by atoms with Crippen molar-refractivity contribution in [2.45, 2.75) is 99.4 Å². The van der Waals surface area contributed by atoms with Gasteiger partial charge in [-0.05, 0) is 29.6 Å². The lowest BCUT2D eigenvalue weighted by molar-refractivity contribution is -0.144. The summed E-state index contributed by atoms with van der Waals surface area (Å²) in [7, 11) is 0. The van der Waals surface area contributed by atoms with Crippen molar-refractivity contribution in [2.75, 3.05) is 0 Å². The van der Waals surface area contributed by atoms with E-state index in [1.54, 1.807) is 69.2 Å². The maximum Gasteiger partial charge on any atom is 0.326 e. The first-order chi connectivity index (χ1) is 16.4. The molecule has 0 aliphatic heterocycles. The monoisotopic (exact) mass is 513 g/mol. The van der Waals surface area contributed by atoms with E-state index < -0.39 is 59.8 Å². The summed E-state index contributed by atoms with van der Waals surface area (Å²) in [6, 6.07) is -4.81. The topological polar surface area (TPSA) is 180 Å². The Balaban J connectivity index is 5.64. The summed E-state index contributed by atoms with van der Waals surface area (Å²) in [5.41, 5.74) is 5.91. The fraction of sp³-hybridized carbons (Fsp3) is 0.800. The molecule has 0 aromatic carbocycles. The molecule has 0 saturated heterocycles. The molecular formula is C25H47N5O6. The van der Waals surface area contributed by atoms with E-state index in [1.165, 1.54) is 0 Å². The summed E-state index contributed by atoms with van der Waals surface area (Å²) in [5, 5.41) is 19.9. The Kier molecular flexibility index (Phi) is 13.7. The molecule has 0 spiro atoms. The standard InChI is InChI=1S/C25H47N5O6/c1-11(2)16(26)21(31)27-17(12(3)4)22(32)28-18(13(5)6)23(33)29-19(14(7)8)24(34)30-20(15(9)10)25(35)36/h11-20H,26H2,1-10H3,(H,27,31)(H,28,32)(H,29,33)(H,30,34)(H,35,36)/t16-,17+,18-,19+,20-/m0/s1. The number of carboxylic acids is 1. The normalized spacial score (nSPS) is 15.9. The van der Waals surface area contributed by atoms with Crippen LogP contribution in [0.2, 0.25) is 0 Å². The summed E-state index contributed by atoms with van der Waals surface area (Å²) < 4.78 is 0. The highest BCUT2D eigenvalue weighted by Crippen LogP contribution is 2.11. The number of hydrogen-bond donors (Lipinski definition) is 6. The van der Waals surface area contributed by atoms with E-state index in [2.05, 4.69) is 21.3 Å². The van der Waals surface area contributed by atoms with Crippen LogP contribution in [0.4, 0.5) is 0 Å². The minimum absolute atomic E-state index is 0.120. The quantitative estimate of drug-likeness (QED) is 0.197. The summed E-state index contributed by atoms with van der Waals surface area (Å²) >= 11 is 0. The molecule has 0 aromatic heterocycles. The second-order valence-corrected chi connectivity index (χ2v) is 11.0. The van der Waals surface area contributed by atoms with Gasteiger partial charge in [-0.3, -0.25) is 19.2 Å². The van der Waals surface area contributed by atoms with Crippen molar-refractivity contribution in [3.63, 3.8) is 0 Å². The molecule has 11 heteroatoms. The van der Waals surface area contributed by atoms with Crippen LogP contribution in [0.15, 0.2) is 0 Å². The molecule has 11 nitrogen and oxygen atoms in total. The minimum Gasteiger partial charge on any atom is -0.480 e. The van der Waals surface area contributed by atoms with Gasteiger partial charge in [0.05, 0.1) is 6.04 Å². The molecule has 208 valence electrons. The van der Waals surface area contributed by atoms with Crippen LogP contribution in [0.25, 0.3) is 0 Å². The van der Waals surface area contributed by atoms with Crippen LogP contribution in [0, 0.1) is 29.6 Å². The van der Waals surface area contributed by atoms with Crippen molar-refractivity contribution < 1.29 is 29.1 Å². The number of rotatable bonds is 14. The van der Waals surface area contributed by atoms with Gasteiger partial charge < -0.3 is 32.1 Å². The van der Waals surface area contributed by atoms with Crippen LogP contribution in [0.3, 0.4) is 0 Å². The first-order valence-corrected chi connectivity index (χ1v) is 12.6. The third kappa shape index (κ3) is 10.1. The summed E-state index contributed by atoms with van der Waals surface area (Å²) in [6.45, 7) is 17.4. The van der Waals surface area contributed by atoms with Gasteiger partial charge in [0.15, 0.2) is 0 Å². The fourth-order valence-electron chi connectivity index (χ4n) is 3.40. The molecule has 5 atom stereocenters. The molecule has 0 fully saturated rings. The smallest absolute Gasteiger partial charge is 0.326 e. The lowest BCUT2D eigenvalue weighted by Crippen LogP contribution is -2.61. The number of carboxylic acid groups (broad SMARTS) is 1. The van der Waals surface area contributed by atoms with E-state index in [9.17, 15) is 29.1 Å². The first-order valence-electron chi connectivity index (χ1n) is 12.6. The van der Waals surface area contributed by atoms with Gasteiger partial charge in [-0.2, -0.15) is 0 Å². The molecule has 0 aliphatic rings. The number of aliphatic carboxylic acids is 1. The number of nitrogens with two attached hydrogens (primary N) is 1. The number of carbonyl (C=O) groups is 5. The van der Waals surface area contributed by atoms with Crippen molar-refractivity contribution in [3.8, 4) is 0 Å². The zero-order valence-electron chi connectivity index (χ0n) is 23.3. The molecule has 36 heavy (non-hydrogen) atoms. The Morgan fingerprint density at radius 1 is 0.472 bits per heavy atom. The lowest BCUT2D eigenvalue weighted by Gasteiger charge is -2.30. The van der Waals surface area contributed by atoms with E-state index in [1.807, 2.05) is 0 Å². The highest BCUT2D eigenvalue weighted by molar-refractivity contribution is 5.95. The van der Waals surface area contributed by atoms with Gasteiger partial charge in [0, 0.05) is 0 Å². The molecule has 0 radical (unpaired) electrons. The number of amides is 4. The summed E-state index contributed by atoms with van der Waals surface area (Å²) in [4.78, 5) is 63.1. The molecule has 4 amide bonds. The van der Waals surface area contributed by atoms with Crippen LogP contribution in [-0.2, 0) is 24.0 Å². The largest absolute Gasteiger partial charge is 0.480 e. The highest BCUT2D eigenvalue weighted by atomic mass is 16.4. The Labute approximate surface area is 215 Å². The van der Waals surface area contributed by atoms with Crippen LogP contribution in [-0.4, -0.2) is 64.9 Å². The predicted molar refractivity (Wildman–Crippen MR) is 138 cm³/mol. The van der Waals surface area contributed by atoms with E-state index in [0.29, 0.717) is 0 Å². The average molecular weight is 514 g/mol. The number of hydrogen-bond acceptors (Lipinski definition) is 6. The minimum atomic E-state index is -1.17. The van der Waals surface area contributed by atoms with Gasteiger partial charge in [0.2, 0.25) is 23.6 Å². The Hall–Kier alpha value is -2.69.